The SMILES string of the molecule is CCn1nccc1C(O)CCc1ccccc1C. The molecular formula is C15H20N2O. The number of rotatable bonds is 5. The largest absolute Gasteiger partial charge is 0.387 e. The molecular weight excluding hydrogens is 224 g/mol. The smallest absolute Gasteiger partial charge is 0.0959 e. The van der Waals surface area contributed by atoms with Gasteiger partial charge in [0, 0.05) is 12.7 Å². The second-order valence-electron chi connectivity index (χ2n) is 4.55. The molecule has 0 aliphatic heterocycles. The summed E-state index contributed by atoms with van der Waals surface area (Å²) < 4.78 is 1.85. The van der Waals surface area contributed by atoms with Gasteiger partial charge in [-0.3, -0.25) is 4.68 Å². The van der Waals surface area contributed by atoms with Gasteiger partial charge in [-0.05, 0) is 43.9 Å². The van der Waals surface area contributed by atoms with Crippen molar-refractivity contribution in [3.8, 4) is 0 Å². The second kappa shape index (κ2) is 5.83. The molecule has 1 unspecified atom stereocenters. The standard InChI is InChI=1S/C15H20N2O/c1-3-17-14(10-11-16-17)15(18)9-8-13-7-5-4-6-12(13)2/h4-7,10-11,15,18H,3,8-9H2,1-2H3. The minimum absolute atomic E-state index is 0.438. The molecule has 0 saturated carbocycles. The predicted octanol–water partition coefficient (Wildman–Crippen LogP) is 2.88. The molecule has 3 nitrogen and oxygen atoms in total. The van der Waals surface area contributed by atoms with Crippen LogP contribution in [0.2, 0.25) is 0 Å². The van der Waals surface area contributed by atoms with Crippen LogP contribution in [0.4, 0.5) is 0 Å². The monoisotopic (exact) mass is 244 g/mol. The number of aliphatic hydroxyl groups excluding tert-OH is 1. The Labute approximate surface area is 108 Å². The van der Waals surface area contributed by atoms with Gasteiger partial charge in [-0.25, -0.2) is 0 Å². The zero-order chi connectivity index (χ0) is 13.0. The summed E-state index contributed by atoms with van der Waals surface area (Å²) in [6.07, 6.45) is 2.93. The van der Waals surface area contributed by atoms with E-state index in [-0.39, 0.29) is 0 Å². The highest BCUT2D eigenvalue weighted by Crippen LogP contribution is 2.20. The molecule has 0 bridgehead atoms. The first kappa shape index (κ1) is 12.8. The summed E-state index contributed by atoms with van der Waals surface area (Å²) in [6, 6.07) is 10.2. The lowest BCUT2D eigenvalue weighted by molar-refractivity contribution is 0.157. The Balaban J connectivity index is 2.01. The predicted molar refractivity (Wildman–Crippen MR) is 72.4 cm³/mol. The van der Waals surface area contributed by atoms with Crippen molar-refractivity contribution < 1.29 is 5.11 Å². The Morgan fingerprint density at radius 1 is 1.28 bits per heavy atom. The van der Waals surface area contributed by atoms with Gasteiger partial charge in [-0.15, -0.1) is 0 Å². The second-order valence-corrected chi connectivity index (χ2v) is 4.55. The van der Waals surface area contributed by atoms with Crippen LogP contribution in [0.3, 0.4) is 0 Å². The Morgan fingerprint density at radius 3 is 2.78 bits per heavy atom. The van der Waals surface area contributed by atoms with E-state index in [0.717, 1.165) is 25.1 Å². The summed E-state index contributed by atoms with van der Waals surface area (Å²) in [5.41, 5.74) is 3.50. The van der Waals surface area contributed by atoms with E-state index in [1.807, 2.05) is 29.8 Å². The summed E-state index contributed by atoms with van der Waals surface area (Å²) in [6.45, 7) is 4.94. The molecule has 3 heteroatoms. The molecule has 2 aromatic rings. The summed E-state index contributed by atoms with van der Waals surface area (Å²) in [5.74, 6) is 0. The third-order valence-corrected chi connectivity index (χ3v) is 3.34. The van der Waals surface area contributed by atoms with Gasteiger partial charge in [0.05, 0.1) is 11.8 Å². The van der Waals surface area contributed by atoms with Crippen LogP contribution < -0.4 is 0 Å². The van der Waals surface area contributed by atoms with Crippen molar-refractivity contribution in [2.75, 3.05) is 0 Å². The van der Waals surface area contributed by atoms with Crippen LogP contribution in [-0.4, -0.2) is 14.9 Å². The van der Waals surface area contributed by atoms with Gasteiger partial charge in [0.25, 0.3) is 0 Å². The third-order valence-electron chi connectivity index (χ3n) is 3.34. The van der Waals surface area contributed by atoms with Crippen LogP contribution >= 0.6 is 0 Å². The fraction of sp³-hybridized carbons (Fsp3) is 0.400. The van der Waals surface area contributed by atoms with Gasteiger partial charge < -0.3 is 5.11 Å². The van der Waals surface area contributed by atoms with E-state index in [4.69, 9.17) is 0 Å². The summed E-state index contributed by atoms with van der Waals surface area (Å²) >= 11 is 0. The molecule has 18 heavy (non-hydrogen) atoms. The molecule has 0 saturated heterocycles. The Hall–Kier alpha value is -1.61. The first-order valence-corrected chi connectivity index (χ1v) is 6.46. The number of aromatic nitrogens is 2. The molecule has 2 rings (SSSR count). The van der Waals surface area contributed by atoms with Crippen molar-refractivity contribution in [2.45, 2.75) is 39.3 Å². The Bertz CT molecular complexity index is 505. The lowest BCUT2D eigenvalue weighted by atomic mass is 10.0. The van der Waals surface area contributed by atoms with E-state index in [1.165, 1.54) is 11.1 Å². The molecule has 0 fully saturated rings. The maximum Gasteiger partial charge on any atom is 0.0959 e. The van der Waals surface area contributed by atoms with Gasteiger partial charge in [0.15, 0.2) is 0 Å². The number of aliphatic hydroxyl groups is 1. The molecule has 1 atom stereocenters. The first-order chi connectivity index (χ1) is 8.72. The average Bonchev–Trinajstić information content (AvgIpc) is 2.86. The minimum atomic E-state index is -0.438. The van der Waals surface area contributed by atoms with Crippen LogP contribution in [-0.2, 0) is 13.0 Å². The highest BCUT2D eigenvalue weighted by Gasteiger charge is 2.12. The van der Waals surface area contributed by atoms with E-state index in [1.54, 1.807) is 6.20 Å². The molecule has 1 heterocycles. The van der Waals surface area contributed by atoms with E-state index in [0.29, 0.717) is 0 Å². The van der Waals surface area contributed by atoms with Crippen LogP contribution in [0.25, 0.3) is 0 Å². The van der Waals surface area contributed by atoms with Gasteiger partial charge >= 0.3 is 0 Å². The van der Waals surface area contributed by atoms with Gasteiger partial charge in [0.2, 0.25) is 0 Å². The number of benzene rings is 1. The molecule has 0 spiro atoms. The summed E-state index contributed by atoms with van der Waals surface area (Å²) in [4.78, 5) is 0. The first-order valence-electron chi connectivity index (χ1n) is 6.46. The Morgan fingerprint density at radius 2 is 2.06 bits per heavy atom. The van der Waals surface area contributed by atoms with E-state index >= 15 is 0 Å². The zero-order valence-corrected chi connectivity index (χ0v) is 11.0. The van der Waals surface area contributed by atoms with Crippen molar-refractivity contribution in [1.29, 1.82) is 0 Å². The molecule has 1 N–H and O–H groups in total. The normalized spacial score (nSPS) is 12.6. The van der Waals surface area contributed by atoms with Crippen molar-refractivity contribution >= 4 is 0 Å². The summed E-state index contributed by atoms with van der Waals surface area (Å²) in [5, 5.41) is 14.4. The lowest BCUT2D eigenvalue weighted by Gasteiger charge is -2.13. The lowest BCUT2D eigenvalue weighted by Crippen LogP contribution is -2.09. The highest BCUT2D eigenvalue weighted by atomic mass is 16.3. The van der Waals surface area contributed by atoms with E-state index < -0.39 is 6.10 Å². The highest BCUT2D eigenvalue weighted by molar-refractivity contribution is 5.25. The van der Waals surface area contributed by atoms with Crippen molar-refractivity contribution in [2.24, 2.45) is 0 Å². The van der Waals surface area contributed by atoms with Crippen molar-refractivity contribution in [1.82, 2.24) is 9.78 Å². The maximum atomic E-state index is 10.2. The van der Waals surface area contributed by atoms with E-state index in [9.17, 15) is 5.11 Å². The van der Waals surface area contributed by atoms with Gasteiger partial charge in [-0.2, -0.15) is 5.10 Å². The van der Waals surface area contributed by atoms with Gasteiger partial charge in [-0.1, -0.05) is 24.3 Å². The van der Waals surface area contributed by atoms with Crippen LogP contribution in [0.1, 0.15) is 36.3 Å². The number of nitrogens with zero attached hydrogens (tertiary/aromatic N) is 2. The zero-order valence-electron chi connectivity index (χ0n) is 11.0. The summed E-state index contributed by atoms with van der Waals surface area (Å²) in [7, 11) is 0. The van der Waals surface area contributed by atoms with Crippen LogP contribution in [0.5, 0.6) is 0 Å². The van der Waals surface area contributed by atoms with Crippen LogP contribution in [0, 0.1) is 6.92 Å². The molecule has 1 aromatic carbocycles. The average molecular weight is 244 g/mol. The Kier molecular flexibility index (Phi) is 4.15. The van der Waals surface area contributed by atoms with Crippen LogP contribution in [0.15, 0.2) is 36.5 Å². The molecule has 1 aromatic heterocycles. The van der Waals surface area contributed by atoms with Crippen molar-refractivity contribution in [3.05, 3.63) is 53.3 Å². The van der Waals surface area contributed by atoms with Gasteiger partial charge in [0.1, 0.15) is 0 Å². The molecule has 0 amide bonds. The molecule has 0 radical (unpaired) electrons. The molecule has 96 valence electrons. The fourth-order valence-electron chi connectivity index (χ4n) is 2.22. The topological polar surface area (TPSA) is 38.0 Å². The van der Waals surface area contributed by atoms with E-state index in [2.05, 4.69) is 24.2 Å². The number of hydrogen-bond acceptors (Lipinski definition) is 2. The third kappa shape index (κ3) is 2.79. The van der Waals surface area contributed by atoms with Crippen molar-refractivity contribution in [3.63, 3.8) is 0 Å². The number of aryl methyl sites for hydroxylation is 3. The molecule has 0 aliphatic rings. The maximum absolute atomic E-state index is 10.2. The number of hydrogen-bond donors (Lipinski definition) is 1. The molecule has 0 aliphatic carbocycles. The quantitative estimate of drug-likeness (QED) is 0.878. The minimum Gasteiger partial charge on any atom is -0.387 e. The fourth-order valence-corrected chi connectivity index (χ4v) is 2.22.